The van der Waals surface area contributed by atoms with E-state index in [1.807, 2.05) is 12.1 Å². The molecule has 0 radical (unpaired) electrons. The van der Waals surface area contributed by atoms with Crippen molar-refractivity contribution in [1.82, 2.24) is 4.90 Å². The van der Waals surface area contributed by atoms with E-state index in [1.165, 1.54) is 16.7 Å². The topological polar surface area (TPSA) is 41.3 Å². The van der Waals surface area contributed by atoms with Crippen molar-refractivity contribution in [2.45, 2.75) is 6.92 Å². The Balaban J connectivity index is 1.82. The molecule has 0 atom stereocenters. The first-order valence-corrected chi connectivity index (χ1v) is 7.37. The lowest BCUT2D eigenvalue weighted by molar-refractivity contribution is 0.326. The van der Waals surface area contributed by atoms with Gasteiger partial charge in [0.1, 0.15) is 0 Å². The Labute approximate surface area is 131 Å². The zero-order valence-corrected chi connectivity index (χ0v) is 12.9. The fourth-order valence-corrected chi connectivity index (χ4v) is 2.51. The third kappa shape index (κ3) is 2.84. The zero-order valence-electron chi connectivity index (χ0n) is 12.9. The van der Waals surface area contributed by atoms with Gasteiger partial charge in [0.2, 0.25) is 0 Å². The van der Waals surface area contributed by atoms with Crippen LogP contribution in [0.4, 0.5) is 11.4 Å². The van der Waals surface area contributed by atoms with E-state index in [0.717, 1.165) is 35.8 Å². The van der Waals surface area contributed by atoms with Crippen LogP contribution < -0.4 is 11.1 Å². The molecule has 2 aromatic rings. The van der Waals surface area contributed by atoms with Crippen LogP contribution in [0.2, 0.25) is 0 Å². The predicted molar refractivity (Wildman–Crippen MR) is 94.5 cm³/mol. The van der Waals surface area contributed by atoms with Gasteiger partial charge in [0, 0.05) is 13.1 Å². The van der Waals surface area contributed by atoms with Crippen molar-refractivity contribution in [3.05, 3.63) is 72.6 Å². The molecule has 112 valence electrons. The molecule has 0 spiro atoms. The zero-order chi connectivity index (χ0) is 15.7. The maximum Gasteiger partial charge on any atom is 0.0989 e. The van der Waals surface area contributed by atoms with E-state index in [-0.39, 0.29) is 0 Å². The molecule has 3 rings (SSSR count). The first kappa shape index (κ1) is 14.3. The van der Waals surface area contributed by atoms with Gasteiger partial charge in [-0.1, -0.05) is 49.1 Å². The van der Waals surface area contributed by atoms with Crippen LogP contribution >= 0.6 is 0 Å². The number of nitrogens with two attached hydrogens (primary N) is 1. The van der Waals surface area contributed by atoms with E-state index in [4.69, 9.17) is 5.73 Å². The third-order valence-corrected chi connectivity index (χ3v) is 3.93. The summed E-state index contributed by atoms with van der Waals surface area (Å²) >= 11 is 0. The van der Waals surface area contributed by atoms with Gasteiger partial charge >= 0.3 is 0 Å². The Morgan fingerprint density at radius 3 is 2.36 bits per heavy atom. The van der Waals surface area contributed by atoms with Gasteiger partial charge in [-0.25, -0.2) is 0 Å². The molecule has 1 aliphatic heterocycles. The molecule has 0 unspecified atom stereocenters. The molecule has 1 aliphatic rings. The molecule has 3 heteroatoms. The van der Waals surface area contributed by atoms with Crippen LogP contribution in [0.5, 0.6) is 0 Å². The molecule has 0 amide bonds. The van der Waals surface area contributed by atoms with E-state index in [2.05, 4.69) is 60.6 Å². The summed E-state index contributed by atoms with van der Waals surface area (Å²) in [5, 5.41) is 3.32. The second-order valence-corrected chi connectivity index (χ2v) is 5.85. The van der Waals surface area contributed by atoms with Crippen molar-refractivity contribution < 1.29 is 0 Å². The van der Waals surface area contributed by atoms with E-state index < -0.39 is 0 Å². The molecule has 0 aliphatic carbocycles. The summed E-state index contributed by atoms with van der Waals surface area (Å²) in [6, 6.07) is 14.5. The fraction of sp³-hybridized carbons (Fsp3) is 0.158. The second-order valence-electron chi connectivity index (χ2n) is 5.85. The molecule has 0 bridgehead atoms. The standard InChI is InChI=1S/C19H21N3/c1-13-4-6-16(7-5-13)17-8-9-18(20)19(10-17)21-15(3)22-11-14(2)12-22/h4-10,21H,2-3,11-12,20H2,1H3. The molecular weight excluding hydrogens is 270 g/mol. The minimum absolute atomic E-state index is 0.719. The third-order valence-electron chi connectivity index (χ3n) is 3.93. The van der Waals surface area contributed by atoms with Crippen LogP contribution in [0.3, 0.4) is 0 Å². The van der Waals surface area contributed by atoms with E-state index >= 15 is 0 Å². The normalized spacial score (nSPS) is 13.7. The second kappa shape index (κ2) is 5.60. The molecule has 3 nitrogen and oxygen atoms in total. The van der Waals surface area contributed by atoms with Crippen molar-refractivity contribution in [2.75, 3.05) is 24.1 Å². The largest absolute Gasteiger partial charge is 0.397 e. The van der Waals surface area contributed by atoms with Gasteiger partial charge in [-0.05, 0) is 35.8 Å². The van der Waals surface area contributed by atoms with Crippen molar-refractivity contribution in [2.24, 2.45) is 0 Å². The van der Waals surface area contributed by atoms with Crippen LogP contribution in [0.15, 0.2) is 67.0 Å². The van der Waals surface area contributed by atoms with E-state index in [9.17, 15) is 0 Å². The van der Waals surface area contributed by atoms with Crippen molar-refractivity contribution in [3.63, 3.8) is 0 Å². The van der Waals surface area contributed by atoms with Crippen molar-refractivity contribution >= 4 is 11.4 Å². The van der Waals surface area contributed by atoms with Crippen LogP contribution in [0.1, 0.15) is 5.56 Å². The first-order chi connectivity index (χ1) is 10.5. The number of hydrogen-bond acceptors (Lipinski definition) is 3. The Morgan fingerprint density at radius 2 is 1.73 bits per heavy atom. The highest BCUT2D eigenvalue weighted by molar-refractivity contribution is 5.77. The molecule has 1 saturated heterocycles. The predicted octanol–water partition coefficient (Wildman–Crippen LogP) is 4.00. The number of hydrogen-bond donors (Lipinski definition) is 2. The number of nitrogens with zero attached hydrogens (tertiary/aromatic N) is 1. The van der Waals surface area contributed by atoms with Gasteiger partial charge in [0.15, 0.2) is 0 Å². The lowest BCUT2D eigenvalue weighted by atomic mass is 10.0. The molecule has 1 fully saturated rings. The van der Waals surface area contributed by atoms with Crippen LogP contribution in [-0.2, 0) is 0 Å². The molecule has 1 heterocycles. The quantitative estimate of drug-likeness (QED) is 0.661. The highest BCUT2D eigenvalue weighted by Gasteiger charge is 2.19. The molecule has 0 saturated carbocycles. The Morgan fingerprint density at radius 1 is 1.09 bits per heavy atom. The maximum atomic E-state index is 6.09. The van der Waals surface area contributed by atoms with Crippen LogP contribution in [0, 0.1) is 6.92 Å². The first-order valence-electron chi connectivity index (χ1n) is 7.37. The Kier molecular flexibility index (Phi) is 3.63. The highest BCUT2D eigenvalue weighted by Crippen LogP contribution is 2.29. The molecule has 2 aromatic carbocycles. The Bertz CT molecular complexity index is 721. The Hall–Kier alpha value is -2.68. The van der Waals surface area contributed by atoms with Gasteiger partial charge < -0.3 is 16.0 Å². The summed E-state index contributed by atoms with van der Waals surface area (Å²) in [7, 11) is 0. The number of anilines is 2. The number of benzene rings is 2. The monoisotopic (exact) mass is 291 g/mol. The van der Waals surface area contributed by atoms with Gasteiger partial charge in [-0.15, -0.1) is 0 Å². The smallest absolute Gasteiger partial charge is 0.0989 e. The average molecular weight is 291 g/mol. The minimum Gasteiger partial charge on any atom is -0.397 e. The van der Waals surface area contributed by atoms with Gasteiger partial charge in [-0.3, -0.25) is 0 Å². The van der Waals surface area contributed by atoms with Crippen molar-refractivity contribution in [1.29, 1.82) is 0 Å². The SMILES string of the molecule is C=C1CN(C(=C)Nc2cc(-c3ccc(C)cc3)ccc2N)C1. The summed E-state index contributed by atoms with van der Waals surface area (Å²) in [5.74, 6) is 0.861. The van der Waals surface area contributed by atoms with E-state index in [0.29, 0.717) is 0 Å². The number of likely N-dealkylation sites (tertiary alicyclic amines) is 1. The number of nitrogens with one attached hydrogen (secondary N) is 1. The van der Waals surface area contributed by atoms with Crippen LogP contribution in [-0.4, -0.2) is 18.0 Å². The maximum absolute atomic E-state index is 6.09. The highest BCUT2D eigenvalue weighted by atomic mass is 15.3. The lowest BCUT2D eigenvalue weighted by Crippen LogP contribution is -2.40. The summed E-state index contributed by atoms with van der Waals surface area (Å²) in [5.41, 5.74) is 12.5. The minimum atomic E-state index is 0.719. The molecule has 0 aromatic heterocycles. The number of nitrogen functional groups attached to an aromatic ring is 1. The summed E-state index contributed by atoms with van der Waals surface area (Å²) in [4.78, 5) is 2.14. The van der Waals surface area contributed by atoms with Gasteiger partial charge in [0.25, 0.3) is 0 Å². The fourth-order valence-electron chi connectivity index (χ4n) is 2.51. The van der Waals surface area contributed by atoms with Crippen LogP contribution in [0.25, 0.3) is 11.1 Å². The summed E-state index contributed by atoms with van der Waals surface area (Å²) in [6.45, 7) is 11.8. The molecule has 3 N–H and O–H groups in total. The number of aryl methyl sites for hydroxylation is 1. The average Bonchev–Trinajstić information content (AvgIpc) is 2.47. The van der Waals surface area contributed by atoms with Crippen molar-refractivity contribution in [3.8, 4) is 11.1 Å². The summed E-state index contributed by atoms with van der Waals surface area (Å²) < 4.78 is 0. The molecule has 22 heavy (non-hydrogen) atoms. The number of rotatable bonds is 4. The van der Waals surface area contributed by atoms with E-state index in [1.54, 1.807) is 0 Å². The van der Waals surface area contributed by atoms with Gasteiger partial charge in [0.05, 0.1) is 17.2 Å². The lowest BCUT2D eigenvalue weighted by Gasteiger charge is -2.37. The molecular formula is C19H21N3. The van der Waals surface area contributed by atoms with Gasteiger partial charge in [-0.2, -0.15) is 0 Å². The summed E-state index contributed by atoms with van der Waals surface area (Å²) in [6.07, 6.45) is 0.